The van der Waals surface area contributed by atoms with Crippen molar-refractivity contribution in [3.05, 3.63) is 46.4 Å². The van der Waals surface area contributed by atoms with Crippen LogP contribution >= 0.6 is 11.3 Å². The Bertz CT molecular complexity index is 445. The van der Waals surface area contributed by atoms with Gasteiger partial charge in [-0.3, -0.25) is 4.79 Å². The molecule has 0 saturated heterocycles. The molecule has 1 heterocycles. The van der Waals surface area contributed by atoms with Crippen LogP contribution in [-0.4, -0.2) is 6.29 Å². The quantitative estimate of drug-likeness (QED) is 0.688. The first-order valence-electron chi connectivity index (χ1n) is 4.08. The average Bonchev–Trinajstić information content (AvgIpc) is 2.67. The van der Waals surface area contributed by atoms with Gasteiger partial charge in [0.15, 0.2) is 6.29 Å². The first-order valence-corrected chi connectivity index (χ1v) is 5.03. The maximum Gasteiger partial charge on any atom is 0.151 e. The Morgan fingerprint density at radius 3 is 2.50 bits per heavy atom. The number of thiophene rings is 1. The second-order valence-corrected chi connectivity index (χ2v) is 3.61. The molecule has 3 heteroatoms. The normalized spacial score (nSPS) is 10.1. The summed E-state index contributed by atoms with van der Waals surface area (Å²) in [5.41, 5.74) is 2.39. The number of hydrogen-bond acceptors (Lipinski definition) is 2. The first kappa shape index (κ1) is 9.09. The third-order valence-electron chi connectivity index (χ3n) is 1.97. The van der Waals surface area contributed by atoms with Gasteiger partial charge in [-0.05, 0) is 23.1 Å². The van der Waals surface area contributed by atoms with Crippen molar-refractivity contribution < 1.29 is 9.18 Å². The van der Waals surface area contributed by atoms with Crippen molar-refractivity contribution in [1.29, 1.82) is 0 Å². The van der Waals surface area contributed by atoms with Gasteiger partial charge < -0.3 is 0 Å². The molecule has 1 aromatic heterocycles. The van der Waals surface area contributed by atoms with Crippen LogP contribution in [0.25, 0.3) is 11.1 Å². The molecule has 0 bridgehead atoms. The van der Waals surface area contributed by atoms with Crippen LogP contribution < -0.4 is 0 Å². The van der Waals surface area contributed by atoms with Crippen molar-refractivity contribution in [2.45, 2.75) is 0 Å². The number of carbonyl (C=O) groups excluding carboxylic acids is 1. The maximum atomic E-state index is 12.6. The topological polar surface area (TPSA) is 17.1 Å². The van der Waals surface area contributed by atoms with Crippen molar-refractivity contribution in [3.63, 3.8) is 0 Å². The fourth-order valence-electron chi connectivity index (χ4n) is 1.26. The highest BCUT2D eigenvalue weighted by Crippen LogP contribution is 2.26. The van der Waals surface area contributed by atoms with Gasteiger partial charge >= 0.3 is 0 Å². The molecule has 0 fully saturated rings. The zero-order valence-electron chi connectivity index (χ0n) is 7.24. The van der Waals surface area contributed by atoms with Crippen molar-refractivity contribution in [2.24, 2.45) is 0 Å². The lowest BCUT2D eigenvalue weighted by atomic mass is 10.1. The van der Waals surface area contributed by atoms with E-state index in [4.69, 9.17) is 0 Å². The molecule has 1 aromatic carbocycles. The molecule has 0 amide bonds. The lowest BCUT2D eigenvalue weighted by Crippen LogP contribution is -1.81. The number of halogens is 1. The summed E-state index contributed by atoms with van der Waals surface area (Å²) < 4.78 is 12.6. The highest BCUT2D eigenvalue weighted by molar-refractivity contribution is 7.08. The molecular formula is C11H7FOS. The van der Waals surface area contributed by atoms with Crippen molar-refractivity contribution >= 4 is 17.6 Å². The zero-order valence-corrected chi connectivity index (χ0v) is 8.05. The highest BCUT2D eigenvalue weighted by atomic mass is 32.1. The fourth-order valence-corrected chi connectivity index (χ4v) is 2.07. The van der Waals surface area contributed by atoms with E-state index in [0.29, 0.717) is 5.56 Å². The fraction of sp³-hybridized carbons (Fsp3) is 0. The number of hydrogen-bond donors (Lipinski definition) is 0. The van der Waals surface area contributed by atoms with Gasteiger partial charge in [-0.1, -0.05) is 12.1 Å². The number of rotatable bonds is 2. The Balaban J connectivity index is 2.49. The molecule has 0 saturated carbocycles. The van der Waals surface area contributed by atoms with E-state index >= 15 is 0 Å². The predicted molar refractivity (Wildman–Crippen MR) is 55.1 cm³/mol. The smallest absolute Gasteiger partial charge is 0.151 e. The van der Waals surface area contributed by atoms with Gasteiger partial charge in [-0.25, -0.2) is 4.39 Å². The minimum Gasteiger partial charge on any atom is -0.298 e. The Kier molecular flexibility index (Phi) is 2.41. The Morgan fingerprint density at radius 2 is 1.86 bits per heavy atom. The van der Waals surface area contributed by atoms with Crippen LogP contribution in [0, 0.1) is 5.82 Å². The summed E-state index contributed by atoms with van der Waals surface area (Å²) in [7, 11) is 0. The lowest BCUT2D eigenvalue weighted by Gasteiger charge is -1.98. The minimum atomic E-state index is -0.267. The Morgan fingerprint density at radius 1 is 1.14 bits per heavy atom. The third-order valence-corrected chi connectivity index (χ3v) is 2.74. The van der Waals surface area contributed by atoms with Crippen molar-refractivity contribution in [2.75, 3.05) is 0 Å². The predicted octanol–water partition coefficient (Wildman–Crippen LogP) is 3.37. The molecule has 0 aliphatic carbocycles. The molecule has 0 aliphatic rings. The van der Waals surface area contributed by atoms with E-state index in [0.717, 1.165) is 17.4 Å². The molecule has 1 nitrogen and oxygen atoms in total. The summed E-state index contributed by atoms with van der Waals surface area (Å²) in [4.78, 5) is 10.7. The molecule has 70 valence electrons. The molecular weight excluding hydrogens is 199 g/mol. The SMILES string of the molecule is O=Cc1cscc1-c1ccc(F)cc1. The molecule has 0 aliphatic heterocycles. The van der Waals surface area contributed by atoms with E-state index in [1.165, 1.54) is 23.5 Å². The van der Waals surface area contributed by atoms with Gasteiger partial charge in [0, 0.05) is 16.5 Å². The maximum absolute atomic E-state index is 12.6. The molecule has 0 N–H and O–H groups in total. The van der Waals surface area contributed by atoms with Crippen LogP contribution in [0.2, 0.25) is 0 Å². The third kappa shape index (κ3) is 1.59. The number of carbonyl (C=O) groups is 1. The molecule has 14 heavy (non-hydrogen) atoms. The second-order valence-electron chi connectivity index (χ2n) is 2.87. The Labute approximate surface area is 84.8 Å². The largest absolute Gasteiger partial charge is 0.298 e. The van der Waals surface area contributed by atoms with Gasteiger partial charge in [0.1, 0.15) is 5.82 Å². The lowest BCUT2D eigenvalue weighted by molar-refractivity contribution is 0.112. The summed E-state index contributed by atoms with van der Waals surface area (Å²) >= 11 is 1.46. The minimum absolute atomic E-state index is 0.267. The van der Waals surface area contributed by atoms with Gasteiger partial charge in [0.2, 0.25) is 0 Å². The standard InChI is InChI=1S/C11H7FOS/c12-10-3-1-8(2-4-10)11-7-14-6-9(11)5-13/h1-7H. The van der Waals surface area contributed by atoms with Crippen LogP contribution in [-0.2, 0) is 0 Å². The molecule has 0 unspecified atom stereocenters. The molecule has 0 atom stereocenters. The first-order chi connectivity index (χ1) is 6.81. The van der Waals surface area contributed by atoms with Crippen LogP contribution in [0.3, 0.4) is 0 Å². The highest BCUT2D eigenvalue weighted by Gasteiger charge is 2.04. The number of aldehydes is 1. The van der Waals surface area contributed by atoms with Crippen LogP contribution in [0.4, 0.5) is 4.39 Å². The molecule has 2 rings (SSSR count). The van der Waals surface area contributed by atoms with E-state index in [-0.39, 0.29) is 5.82 Å². The monoisotopic (exact) mass is 206 g/mol. The van der Waals surface area contributed by atoms with Crippen molar-refractivity contribution in [1.82, 2.24) is 0 Å². The molecule has 0 radical (unpaired) electrons. The number of benzene rings is 1. The summed E-state index contributed by atoms with van der Waals surface area (Å²) in [5.74, 6) is -0.267. The van der Waals surface area contributed by atoms with Crippen molar-refractivity contribution in [3.8, 4) is 11.1 Å². The van der Waals surface area contributed by atoms with Gasteiger partial charge in [-0.2, -0.15) is 11.3 Å². The zero-order chi connectivity index (χ0) is 9.97. The molecule has 2 aromatic rings. The van der Waals surface area contributed by atoms with Gasteiger partial charge in [0.05, 0.1) is 0 Å². The van der Waals surface area contributed by atoms with Crippen LogP contribution in [0.15, 0.2) is 35.0 Å². The summed E-state index contributed by atoms with van der Waals surface area (Å²) in [5, 5.41) is 3.67. The van der Waals surface area contributed by atoms with Crippen LogP contribution in [0.5, 0.6) is 0 Å². The van der Waals surface area contributed by atoms with E-state index in [1.807, 2.05) is 5.38 Å². The van der Waals surface area contributed by atoms with Gasteiger partial charge in [0.25, 0.3) is 0 Å². The second kappa shape index (κ2) is 3.72. The van der Waals surface area contributed by atoms with E-state index in [2.05, 4.69) is 0 Å². The summed E-state index contributed by atoms with van der Waals surface area (Å²) in [6.45, 7) is 0. The van der Waals surface area contributed by atoms with E-state index in [1.54, 1.807) is 17.5 Å². The summed E-state index contributed by atoms with van der Waals surface area (Å²) in [6, 6.07) is 6.12. The van der Waals surface area contributed by atoms with E-state index in [9.17, 15) is 9.18 Å². The van der Waals surface area contributed by atoms with Crippen LogP contribution in [0.1, 0.15) is 10.4 Å². The van der Waals surface area contributed by atoms with E-state index < -0.39 is 0 Å². The summed E-state index contributed by atoms with van der Waals surface area (Å²) in [6.07, 6.45) is 0.815. The average molecular weight is 206 g/mol. The van der Waals surface area contributed by atoms with Gasteiger partial charge in [-0.15, -0.1) is 0 Å². The Hall–Kier alpha value is -1.48. The molecule has 0 spiro atoms.